The van der Waals surface area contributed by atoms with Crippen molar-refractivity contribution in [2.24, 2.45) is 4.99 Å². The molecule has 0 aliphatic rings. The molecule has 3 rings (SSSR count). The number of imidazole rings is 1. The van der Waals surface area contributed by atoms with E-state index in [9.17, 15) is 0 Å². The van der Waals surface area contributed by atoms with E-state index in [-0.39, 0.29) is 0 Å². The number of para-hydroxylation sites is 2. The Bertz CT molecular complexity index is 835. The molecule has 0 aliphatic heterocycles. The normalized spacial score (nSPS) is 11.8. The fourth-order valence-corrected chi connectivity index (χ4v) is 3.42. The number of rotatable bonds is 7. The Balaban J connectivity index is 1.42. The second-order valence-corrected chi connectivity index (χ2v) is 6.91. The molecule has 2 heterocycles. The summed E-state index contributed by atoms with van der Waals surface area (Å²) in [7, 11) is 1.79. The largest absolute Gasteiger partial charge is 0.356 e. The molecule has 0 atom stereocenters. The number of benzene rings is 1. The summed E-state index contributed by atoms with van der Waals surface area (Å²) in [5, 5.41) is 7.75. The Kier molecular flexibility index (Phi) is 6.00. The number of nitrogens with one attached hydrogen (secondary N) is 2. The zero-order valence-electron chi connectivity index (χ0n) is 14.7. The average molecular weight is 356 g/mol. The van der Waals surface area contributed by atoms with E-state index < -0.39 is 0 Å². The van der Waals surface area contributed by atoms with Crippen LogP contribution >= 0.6 is 11.3 Å². The predicted octanol–water partition coefficient (Wildman–Crippen LogP) is 2.81. The third-order valence-electron chi connectivity index (χ3n) is 3.98. The van der Waals surface area contributed by atoms with Crippen LogP contribution in [0.4, 0.5) is 0 Å². The Hall–Kier alpha value is -2.41. The maximum atomic E-state index is 4.42. The van der Waals surface area contributed by atoms with Crippen LogP contribution in [0.5, 0.6) is 0 Å². The summed E-state index contributed by atoms with van der Waals surface area (Å²) in [5.74, 6) is 0.809. The standard InChI is InChI=1S/C18H24N6S/c1-3-14-11-21-17(25-14)12-22-18(19-2)20-9-6-10-24-13-23-15-7-4-5-8-16(15)24/h4-5,7-8,11,13H,3,6,9-10,12H2,1-2H3,(H2,19,20,22). The highest BCUT2D eigenvalue weighted by Crippen LogP contribution is 2.13. The molecule has 0 amide bonds. The fraction of sp³-hybridized carbons (Fsp3) is 0.389. The number of nitrogens with zero attached hydrogens (tertiary/aromatic N) is 4. The summed E-state index contributed by atoms with van der Waals surface area (Å²) in [6.07, 6.45) is 5.89. The lowest BCUT2D eigenvalue weighted by molar-refractivity contribution is 0.637. The van der Waals surface area contributed by atoms with Crippen molar-refractivity contribution in [3.63, 3.8) is 0 Å². The highest BCUT2D eigenvalue weighted by atomic mass is 32.1. The van der Waals surface area contributed by atoms with Crippen molar-refractivity contribution in [2.45, 2.75) is 32.9 Å². The first-order valence-corrected chi connectivity index (χ1v) is 9.39. The summed E-state index contributed by atoms with van der Waals surface area (Å²) in [6.45, 7) is 4.63. The molecular weight excluding hydrogens is 332 g/mol. The number of thiazole rings is 1. The molecule has 2 aromatic heterocycles. The molecule has 1 aromatic carbocycles. The van der Waals surface area contributed by atoms with Crippen LogP contribution < -0.4 is 10.6 Å². The van der Waals surface area contributed by atoms with Gasteiger partial charge in [-0.25, -0.2) is 9.97 Å². The molecule has 0 spiro atoms. The second-order valence-electron chi connectivity index (χ2n) is 5.71. The predicted molar refractivity (Wildman–Crippen MR) is 104 cm³/mol. The smallest absolute Gasteiger partial charge is 0.191 e. The first kappa shape index (κ1) is 17.4. The van der Waals surface area contributed by atoms with Gasteiger partial charge in [0.1, 0.15) is 5.01 Å². The minimum atomic E-state index is 0.705. The molecule has 0 radical (unpaired) electrons. The Morgan fingerprint density at radius 2 is 2.12 bits per heavy atom. The maximum Gasteiger partial charge on any atom is 0.191 e. The number of fused-ring (bicyclic) bond motifs is 1. The lowest BCUT2D eigenvalue weighted by atomic mass is 10.3. The van der Waals surface area contributed by atoms with Crippen LogP contribution in [-0.4, -0.2) is 34.1 Å². The molecule has 0 saturated carbocycles. The summed E-state index contributed by atoms with van der Waals surface area (Å²) < 4.78 is 2.19. The third kappa shape index (κ3) is 4.57. The van der Waals surface area contributed by atoms with Crippen molar-refractivity contribution in [3.8, 4) is 0 Å². The van der Waals surface area contributed by atoms with E-state index in [0.29, 0.717) is 6.54 Å². The number of aryl methyl sites for hydroxylation is 2. The van der Waals surface area contributed by atoms with Gasteiger partial charge >= 0.3 is 0 Å². The molecule has 25 heavy (non-hydrogen) atoms. The molecule has 2 N–H and O–H groups in total. The molecule has 132 valence electrons. The van der Waals surface area contributed by atoms with Crippen LogP contribution in [0.3, 0.4) is 0 Å². The SMILES string of the molecule is CCc1cnc(CNC(=NC)NCCCn2cnc3ccccc32)s1. The van der Waals surface area contributed by atoms with E-state index in [4.69, 9.17) is 0 Å². The fourth-order valence-electron chi connectivity index (χ4n) is 2.62. The number of guanidine groups is 1. The topological polar surface area (TPSA) is 67.1 Å². The van der Waals surface area contributed by atoms with Gasteiger partial charge in [0.25, 0.3) is 0 Å². The van der Waals surface area contributed by atoms with Crippen LogP contribution in [0.25, 0.3) is 11.0 Å². The number of aliphatic imine (C=N–C) groups is 1. The number of hydrogen-bond donors (Lipinski definition) is 2. The highest BCUT2D eigenvalue weighted by molar-refractivity contribution is 7.11. The number of aromatic nitrogens is 3. The molecule has 7 heteroatoms. The Morgan fingerprint density at radius 3 is 2.92 bits per heavy atom. The first-order valence-electron chi connectivity index (χ1n) is 8.58. The summed E-state index contributed by atoms with van der Waals surface area (Å²) in [4.78, 5) is 14.4. The highest BCUT2D eigenvalue weighted by Gasteiger charge is 2.03. The van der Waals surface area contributed by atoms with Gasteiger partial charge in [-0.1, -0.05) is 19.1 Å². The molecule has 3 aromatic rings. The van der Waals surface area contributed by atoms with E-state index in [1.165, 1.54) is 10.4 Å². The van der Waals surface area contributed by atoms with Crippen LogP contribution in [0.2, 0.25) is 0 Å². The van der Waals surface area contributed by atoms with Gasteiger partial charge in [0.15, 0.2) is 5.96 Å². The molecule has 0 fully saturated rings. The van der Waals surface area contributed by atoms with Crippen molar-refractivity contribution in [1.29, 1.82) is 0 Å². The van der Waals surface area contributed by atoms with Gasteiger partial charge in [0, 0.05) is 31.2 Å². The van der Waals surface area contributed by atoms with Crippen molar-refractivity contribution in [1.82, 2.24) is 25.2 Å². The van der Waals surface area contributed by atoms with Gasteiger partial charge in [-0.2, -0.15) is 0 Å². The lowest BCUT2D eigenvalue weighted by Crippen LogP contribution is -2.37. The first-order chi connectivity index (χ1) is 12.3. The van der Waals surface area contributed by atoms with E-state index >= 15 is 0 Å². The van der Waals surface area contributed by atoms with Crippen molar-refractivity contribution in [2.75, 3.05) is 13.6 Å². The molecule has 0 aliphatic carbocycles. The number of hydrogen-bond acceptors (Lipinski definition) is 4. The van der Waals surface area contributed by atoms with Crippen molar-refractivity contribution >= 4 is 28.3 Å². The van der Waals surface area contributed by atoms with Crippen LogP contribution in [-0.2, 0) is 19.5 Å². The van der Waals surface area contributed by atoms with Crippen LogP contribution in [0.15, 0.2) is 41.8 Å². The van der Waals surface area contributed by atoms with Gasteiger partial charge in [-0.15, -0.1) is 11.3 Å². The second kappa shape index (κ2) is 8.62. The molecule has 0 unspecified atom stereocenters. The van der Waals surface area contributed by atoms with E-state index in [1.807, 2.05) is 30.7 Å². The van der Waals surface area contributed by atoms with Crippen molar-refractivity contribution in [3.05, 3.63) is 46.7 Å². The monoisotopic (exact) mass is 356 g/mol. The molecule has 6 nitrogen and oxygen atoms in total. The lowest BCUT2D eigenvalue weighted by Gasteiger charge is -2.11. The van der Waals surface area contributed by atoms with E-state index in [0.717, 1.165) is 42.4 Å². The van der Waals surface area contributed by atoms with Gasteiger partial charge in [-0.3, -0.25) is 4.99 Å². The summed E-state index contributed by atoms with van der Waals surface area (Å²) in [5.41, 5.74) is 2.23. The van der Waals surface area contributed by atoms with E-state index in [1.54, 1.807) is 18.4 Å². The summed E-state index contributed by atoms with van der Waals surface area (Å²) in [6, 6.07) is 8.21. The molecule has 0 saturated heterocycles. The van der Waals surface area contributed by atoms with Gasteiger partial charge < -0.3 is 15.2 Å². The van der Waals surface area contributed by atoms with E-state index in [2.05, 4.69) is 43.2 Å². The Morgan fingerprint density at radius 1 is 1.24 bits per heavy atom. The van der Waals surface area contributed by atoms with Gasteiger partial charge in [-0.05, 0) is 25.0 Å². The molecule has 0 bridgehead atoms. The van der Waals surface area contributed by atoms with Crippen molar-refractivity contribution < 1.29 is 0 Å². The Labute approximate surface area is 152 Å². The molecular formula is C18H24N6S. The quantitative estimate of drug-likeness (QED) is 0.388. The zero-order chi connectivity index (χ0) is 17.5. The van der Waals surface area contributed by atoms with Crippen LogP contribution in [0, 0.1) is 0 Å². The minimum absolute atomic E-state index is 0.705. The van der Waals surface area contributed by atoms with Gasteiger partial charge in [0.05, 0.1) is 23.9 Å². The average Bonchev–Trinajstić information content (AvgIpc) is 3.28. The summed E-state index contributed by atoms with van der Waals surface area (Å²) >= 11 is 1.75. The third-order valence-corrected chi connectivity index (χ3v) is 5.12. The zero-order valence-corrected chi connectivity index (χ0v) is 15.5. The van der Waals surface area contributed by atoms with Crippen LogP contribution in [0.1, 0.15) is 23.2 Å². The van der Waals surface area contributed by atoms with Gasteiger partial charge in [0.2, 0.25) is 0 Å². The maximum absolute atomic E-state index is 4.42. The minimum Gasteiger partial charge on any atom is -0.356 e.